The molecule has 2 amide bonds. The predicted octanol–water partition coefficient (Wildman–Crippen LogP) is 3.12. The van der Waals surface area contributed by atoms with Crippen LogP contribution in [-0.2, 0) is 0 Å². The average Bonchev–Trinajstić information content (AvgIpc) is 2.72. The fraction of sp³-hybridized carbons (Fsp3) is 0.429. The van der Waals surface area contributed by atoms with Crippen molar-refractivity contribution in [3.8, 4) is 0 Å². The van der Waals surface area contributed by atoms with Crippen molar-refractivity contribution in [1.29, 1.82) is 0 Å². The van der Waals surface area contributed by atoms with E-state index in [1.54, 1.807) is 39.1 Å². The number of carbonyl (C=O) groups is 2. The van der Waals surface area contributed by atoms with Crippen molar-refractivity contribution in [3.63, 3.8) is 0 Å². The molecule has 0 fully saturated rings. The minimum absolute atomic E-state index is 0.305. The first-order valence-corrected chi connectivity index (χ1v) is 9.04. The van der Waals surface area contributed by atoms with Gasteiger partial charge in [0.2, 0.25) is 0 Å². The van der Waals surface area contributed by atoms with E-state index in [4.69, 9.17) is 2.82 Å². The van der Waals surface area contributed by atoms with Gasteiger partial charge in [-0.3, -0.25) is 19.6 Å². The first kappa shape index (κ1) is 17.6. The smallest absolute Gasteiger partial charge is 0.253 e. The normalized spacial score (nSPS) is 15.2. The van der Waals surface area contributed by atoms with Gasteiger partial charge in [-0.15, -0.1) is 0 Å². The number of carbonyl (C=O) groups excluding carboxylic acids is 2. The van der Waals surface area contributed by atoms with Crippen LogP contribution >= 0.6 is 0 Å². The zero-order valence-corrected chi connectivity index (χ0v) is 16.8. The van der Waals surface area contributed by atoms with Crippen LogP contribution in [0.4, 0.5) is 0 Å². The Morgan fingerprint density at radius 2 is 1.93 bits per heavy atom. The van der Waals surface area contributed by atoms with E-state index in [1.165, 1.54) is 12.4 Å². The summed E-state index contributed by atoms with van der Waals surface area (Å²) in [6.45, 7) is 10.7. The third kappa shape index (κ3) is 4.70. The summed E-state index contributed by atoms with van der Waals surface area (Å²) in [6.07, 6.45) is 4.86. The van der Waals surface area contributed by atoms with Crippen molar-refractivity contribution in [1.82, 2.24) is 20.6 Å². The van der Waals surface area contributed by atoms with Crippen LogP contribution in [-0.4, -0.2) is 33.4 Å². The molecule has 0 aliphatic heterocycles. The largest absolute Gasteiger partial charge is 0.347 e. The van der Waals surface area contributed by atoms with Crippen LogP contribution < -0.4 is 10.6 Å². The van der Waals surface area contributed by atoms with E-state index < -0.39 is 23.4 Å². The van der Waals surface area contributed by atoms with Crippen LogP contribution in [0.15, 0.2) is 30.7 Å². The van der Waals surface area contributed by atoms with Crippen molar-refractivity contribution < 1.29 is 12.4 Å². The number of hydrogen-bond acceptors (Lipinski definition) is 4. The summed E-state index contributed by atoms with van der Waals surface area (Å²) >= 11 is 0. The highest BCUT2D eigenvalue weighted by Crippen LogP contribution is 2.18. The molecule has 2 unspecified atom stereocenters. The molecule has 0 aliphatic rings. The molecule has 2 N–H and O–H groups in total. The fourth-order valence-electron chi connectivity index (χ4n) is 2.60. The van der Waals surface area contributed by atoms with Crippen molar-refractivity contribution in [2.75, 3.05) is 0 Å². The number of pyridine rings is 2. The summed E-state index contributed by atoms with van der Waals surface area (Å²) in [7, 11) is 0. The molecule has 27 heavy (non-hydrogen) atoms. The van der Waals surface area contributed by atoms with Crippen molar-refractivity contribution in [3.05, 3.63) is 58.7 Å². The summed E-state index contributed by atoms with van der Waals surface area (Å²) in [5.74, 6) is -1.04. The Kier molecular flexibility index (Phi) is 5.42. The second-order valence-corrected chi connectivity index (χ2v) is 7.05. The van der Waals surface area contributed by atoms with E-state index in [1.807, 2.05) is 20.8 Å². The fourth-order valence-corrected chi connectivity index (χ4v) is 2.60. The van der Waals surface area contributed by atoms with Crippen LogP contribution in [0.25, 0.3) is 0 Å². The predicted molar refractivity (Wildman–Crippen MR) is 106 cm³/mol. The Morgan fingerprint density at radius 3 is 2.52 bits per heavy atom. The molecular formula is C21H28N4O2. The topological polar surface area (TPSA) is 84.0 Å². The molecule has 0 radical (unpaired) electrons. The first-order valence-electron chi connectivity index (χ1n) is 9.93. The van der Waals surface area contributed by atoms with E-state index in [-0.39, 0.29) is 0 Å². The molecule has 0 bridgehead atoms. The maximum absolute atomic E-state index is 12.9. The molecule has 6 heteroatoms. The summed E-state index contributed by atoms with van der Waals surface area (Å²) in [6, 6.07) is 2.67. The third-order valence-corrected chi connectivity index (χ3v) is 5.14. The molecule has 6 nitrogen and oxygen atoms in total. The van der Waals surface area contributed by atoms with E-state index in [2.05, 4.69) is 9.97 Å². The van der Waals surface area contributed by atoms with Crippen molar-refractivity contribution in [2.24, 2.45) is 0 Å². The molecule has 2 aromatic heterocycles. The zero-order valence-electron chi connectivity index (χ0n) is 18.8. The molecule has 2 heterocycles. The van der Waals surface area contributed by atoms with Gasteiger partial charge in [-0.1, -0.05) is 6.92 Å². The third-order valence-electron chi connectivity index (χ3n) is 5.14. The molecule has 0 saturated carbocycles. The van der Waals surface area contributed by atoms with Crippen LogP contribution in [0.2, 0.25) is 2.82 Å². The molecule has 0 saturated heterocycles. The molecule has 2 aromatic rings. The van der Waals surface area contributed by atoms with Crippen molar-refractivity contribution in [2.45, 2.75) is 59.5 Å². The van der Waals surface area contributed by atoms with E-state index in [0.717, 1.165) is 21.9 Å². The molecule has 0 aromatic carbocycles. The standard InChI is InChI=1S/C21H28N4O2/c1-7-21(6,25-20(27)18-12-22-9-8-13(18)2)16(5)24-19(26)17-10-14(3)15(4)23-11-17/h8-12,16H,7H2,1-6H3,(H,24,26)(H,25,27)/i/hD2. The number of amides is 2. The lowest BCUT2D eigenvalue weighted by molar-refractivity contribution is 0.0832. The summed E-state index contributed by atoms with van der Waals surface area (Å²) < 4.78 is 16.9. The van der Waals surface area contributed by atoms with Crippen LogP contribution in [0.5, 0.6) is 0 Å². The van der Waals surface area contributed by atoms with Gasteiger partial charge in [0.25, 0.3) is 11.8 Å². The van der Waals surface area contributed by atoms with Gasteiger partial charge < -0.3 is 10.6 Å². The van der Waals surface area contributed by atoms with E-state index in [9.17, 15) is 9.59 Å². The Labute approximate surface area is 163 Å². The monoisotopic (exact) mass is 370 g/mol. The minimum Gasteiger partial charge on any atom is -0.347 e. The van der Waals surface area contributed by atoms with Gasteiger partial charge in [0.05, 0.1) is 16.7 Å². The highest BCUT2D eigenvalue weighted by Gasteiger charge is 2.33. The maximum Gasteiger partial charge on any atom is 0.253 e. The SMILES string of the molecule is [2H]N(C(=O)c1cnc(C)c(C)c1)C(C)C(C)(CC)N([2H])C(=O)c1cnccc1C. The Bertz CT molecular complexity index is 921. The Morgan fingerprint density at radius 1 is 1.22 bits per heavy atom. The molecule has 0 spiro atoms. The Hall–Kier alpha value is -2.76. The second kappa shape index (κ2) is 8.29. The number of aromatic nitrogens is 2. The first-order chi connectivity index (χ1) is 13.5. The lowest BCUT2D eigenvalue weighted by atomic mass is 9.89. The lowest BCUT2D eigenvalue weighted by Gasteiger charge is -2.36. The summed E-state index contributed by atoms with van der Waals surface area (Å²) in [4.78, 5) is 34.0. The molecule has 2 rings (SSSR count). The van der Waals surface area contributed by atoms with Crippen LogP contribution in [0.1, 0.15) is 64.7 Å². The zero-order chi connectivity index (χ0) is 21.9. The van der Waals surface area contributed by atoms with Gasteiger partial charge >= 0.3 is 0 Å². The minimum atomic E-state index is -1.08. The summed E-state index contributed by atoms with van der Waals surface area (Å²) in [5, 5.41) is 1.70. The number of hydrogen-bond donors (Lipinski definition) is 2. The van der Waals surface area contributed by atoms with Gasteiger partial charge in [0.15, 0.2) is 2.82 Å². The lowest BCUT2D eigenvalue weighted by Crippen LogP contribution is -2.59. The second-order valence-electron chi connectivity index (χ2n) is 7.05. The molecular weight excluding hydrogens is 340 g/mol. The summed E-state index contributed by atoms with van der Waals surface area (Å²) in [5.41, 5.74) is 1.95. The molecule has 0 aliphatic carbocycles. The highest BCUT2D eigenvalue weighted by atomic mass is 16.2. The number of nitrogens with zero attached hydrogens (tertiary/aromatic N) is 2. The van der Waals surface area contributed by atoms with Gasteiger partial charge in [0.1, 0.15) is 0 Å². The van der Waals surface area contributed by atoms with Gasteiger partial charge in [0, 0.05) is 30.3 Å². The van der Waals surface area contributed by atoms with E-state index in [0.29, 0.717) is 23.1 Å². The number of rotatable bonds is 6. The molecule has 144 valence electrons. The quantitative estimate of drug-likeness (QED) is 0.818. The van der Waals surface area contributed by atoms with Gasteiger partial charge in [-0.05, 0) is 64.3 Å². The van der Waals surface area contributed by atoms with E-state index >= 15 is 0 Å². The highest BCUT2D eigenvalue weighted by molar-refractivity contribution is 5.96. The number of aryl methyl sites for hydroxylation is 3. The van der Waals surface area contributed by atoms with Crippen LogP contribution in [0, 0.1) is 20.8 Å². The number of nitrogens with one attached hydrogen (secondary N) is 2. The Balaban J connectivity index is 2.32. The molecule has 2 atom stereocenters. The maximum atomic E-state index is 12.9. The van der Waals surface area contributed by atoms with Gasteiger partial charge in [-0.2, -0.15) is 0 Å². The average molecular weight is 370 g/mol. The van der Waals surface area contributed by atoms with Crippen LogP contribution in [0.3, 0.4) is 0 Å². The van der Waals surface area contributed by atoms with Gasteiger partial charge in [-0.25, -0.2) is 0 Å². The van der Waals surface area contributed by atoms with Crippen molar-refractivity contribution >= 4 is 11.8 Å².